The smallest absolute Gasteiger partial charge is 0.295 e. The maximum Gasteiger partial charge on any atom is 0.295 e. The van der Waals surface area contributed by atoms with Gasteiger partial charge in [-0.25, -0.2) is 0 Å². The number of aliphatic hydroxyl groups excluding tert-OH is 1. The molecule has 3 aromatic rings. The van der Waals surface area contributed by atoms with E-state index in [9.17, 15) is 14.7 Å². The van der Waals surface area contributed by atoms with Crippen LogP contribution in [0.25, 0.3) is 5.76 Å². The molecule has 1 amide bonds. The number of rotatable bonds is 8. The van der Waals surface area contributed by atoms with Gasteiger partial charge < -0.3 is 24.2 Å². The van der Waals surface area contributed by atoms with Crippen LogP contribution < -0.4 is 14.2 Å². The van der Waals surface area contributed by atoms with Crippen LogP contribution in [-0.4, -0.2) is 49.6 Å². The number of Topliss-reactive ketones (excluding diaryl/α,β-unsaturated/α-hetero) is 1. The Bertz CT molecular complexity index is 1310. The highest BCUT2D eigenvalue weighted by Gasteiger charge is 2.46. The molecule has 0 aromatic heterocycles. The largest absolute Gasteiger partial charge is 0.507 e. The number of carbonyl (C=O) groups excluding carboxylic acids is 2. The van der Waals surface area contributed by atoms with Gasteiger partial charge in [0.25, 0.3) is 11.7 Å². The fraction of sp³-hybridized carbons (Fsp3) is 0.241. The molecule has 1 aliphatic heterocycles. The van der Waals surface area contributed by atoms with E-state index in [0.29, 0.717) is 34.8 Å². The van der Waals surface area contributed by atoms with Crippen molar-refractivity contribution in [2.24, 2.45) is 0 Å². The van der Waals surface area contributed by atoms with Crippen LogP contribution in [0, 0.1) is 6.92 Å². The lowest BCUT2D eigenvalue weighted by molar-refractivity contribution is -0.139. The van der Waals surface area contributed by atoms with Gasteiger partial charge in [-0.05, 0) is 48.7 Å². The monoisotopic (exact) mass is 487 g/mol. The first kappa shape index (κ1) is 24.9. The third kappa shape index (κ3) is 4.77. The second-order valence-corrected chi connectivity index (χ2v) is 8.57. The third-order valence-corrected chi connectivity index (χ3v) is 6.36. The highest BCUT2D eigenvalue weighted by Crippen LogP contribution is 2.40. The van der Waals surface area contributed by atoms with Crippen molar-refractivity contribution in [3.05, 3.63) is 94.6 Å². The highest BCUT2D eigenvalue weighted by molar-refractivity contribution is 6.46. The third-order valence-electron chi connectivity index (χ3n) is 6.36. The van der Waals surface area contributed by atoms with E-state index < -0.39 is 17.7 Å². The molecule has 1 fully saturated rings. The van der Waals surface area contributed by atoms with E-state index in [1.165, 1.54) is 4.90 Å². The number of ether oxygens (including phenoxy) is 3. The lowest BCUT2D eigenvalue weighted by atomic mass is 9.94. The Morgan fingerprint density at radius 1 is 0.889 bits per heavy atom. The lowest BCUT2D eigenvalue weighted by Gasteiger charge is -2.26. The predicted octanol–water partition coefficient (Wildman–Crippen LogP) is 4.69. The van der Waals surface area contributed by atoms with Crippen LogP contribution >= 0.6 is 0 Å². The number of aryl methyl sites for hydroxylation is 1. The topological polar surface area (TPSA) is 85.3 Å². The number of likely N-dealkylation sites (tertiary alicyclic amines) is 1. The first-order chi connectivity index (χ1) is 17.4. The summed E-state index contributed by atoms with van der Waals surface area (Å²) < 4.78 is 16.1. The Morgan fingerprint density at radius 2 is 1.61 bits per heavy atom. The molecule has 7 nitrogen and oxygen atoms in total. The standard InChI is InChI=1S/C29H29NO6/c1-18-8-11-20(12-9-18)27(31)25-26(21-6-5-7-22(17-21)34-2)30(29(33)28(25)32)15-14-19-10-13-23(35-3)24(16-19)36-4/h5-13,16-17,26,31H,14-15H2,1-4H3/b27-25-. The summed E-state index contributed by atoms with van der Waals surface area (Å²) in [7, 11) is 4.69. The molecule has 4 rings (SSSR count). The quantitative estimate of drug-likeness (QED) is 0.282. The number of hydrogen-bond acceptors (Lipinski definition) is 6. The summed E-state index contributed by atoms with van der Waals surface area (Å²) in [6.07, 6.45) is 0.471. The second-order valence-electron chi connectivity index (χ2n) is 8.57. The van der Waals surface area contributed by atoms with Gasteiger partial charge in [-0.15, -0.1) is 0 Å². The lowest BCUT2D eigenvalue weighted by Crippen LogP contribution is -2.31. The molecular weight excluding hydrogens is 458 g/mol. The minimum atomic E-state index is -0.762. The maximum absolute atomic E-state index is 13.3. The molecule has 1 aliphatic rings. The minimum Gasteiger partial charge on any atom is -0.507 e. The Hall–Kier alpha value is -4.26. The van der Waals surface area contributed by atoms with Crippen LogP contribution in [0.15, 0.2) is 72.3 Å². The van der Waals surface area contributed by atoms with Gasteiger partial charge in [-0.1, -0.05) is 48.0 Å². The van der Waals surface area contributed by atoms with Crippen molar-refractivity contribution < 1.29 is 28.9 Å². The number of methoxy groups -OCH3 is 3. The van der Waals surface area contributed by atoms with Crippen molar-refractivity contribution in [1.29, 1.82) is 0 Å². The van der Waals surface area contributed by atoms with Gasteiger partial charge in [0.05, 0.1) is 32.9 Å². The van der Waals surface area contributed by atoms with Crippen LogP contribution in [0.3, 0.4) is 0 Å². The number of amides is 1. The van der Waals surface area contributed by atoms with Crippen LogP contribution in [0.4, 0.5) is 0 Å². The second kappa shape index (κ2) is 10.6. The Morgan fingerprint density at radius 3 is 2.28 bits per heavy atom. The van der Waals surface area contributed by atoms with Crippen molar-refractivity contribution in [2.45, 2.75) is 19.4 Å². The average Bonchev–Trinajstić information content (AvgIpc) is 3.16. The maximum atomic E-state index is 13.3. The average molecular weight is 488 g/mol. The van der Waals surface area contributed by atoms with Crippen molar-refractivity contribution in [2.75, 3.05) is 27.9 Å². The summed E-state index contributed by atoms with van der Waals surface area (Å²) in [5, 5.41) is 11.2. The molecule has 1 heterocycles. The Labute approximate surface area is 210 Å². The molecule has 0 spiro atoms. The summed E-state index contributed by atoms with van der Waals surface area (Å²) in [5.41, 5.74) is 3.15. The van der Waals surface area contributed by atoms with Gasteiger partial charge in [0.15, 0.2) is 11.5 Å². The van der Waals surface area contributed by atoms with Crippen LogP contribution in [0.1, 0.15) is 28.3 Å². The first-order valence-corrected chi connectivity index (χ1v) is 11.6. The van der Waals surface area contributed by atoms with Crippen LogP contribution in [-0.2, 0) is 16.0 Å². The van der Waals surface area contributed by atoms with Gasteiger partial charge in [-0.2, -0.15) is 0 Å². The van der Waals surface area contributed by atoms with Gasteiger partial charge >= 0.3 is 0 Å². The van der Waals surface area contributed by atoms with E-state index in [1.807, 2.05) is 37.3 Å². The minimum absolute atomic E-state index is 0.0596. The number of ketones is 1. The predicted molar refractivity (Wildman–Crippen MR) is 136 cm³/mol. The zero-order valence-electron chi connectivity index (χ0n) is 20.8. The molecule has 36 heavy (non-hydrogen) atoms. The summed E-state index contributed by atoms with van der Waals surface area (Å²) >= 11 is 0. The molecule has 0 bridgehead atoms. The summed E-state index contributed by atoms with van der Waals surface area (Å²) in [6.45, 7) is 2.19. The van der Waals surface area contributed by atoms with Crippen LogP contribution in [0.2, 0.25) is 0 Å². The zero-order valence-corrected chi connectivity index (χ0v) is 20.8. The van der Waals surface area contributed by atoms with E-state index in [2.05, 4.69) is 0 Å². The molecule has 0 radical (unpaired) electrons. The fourth-order valence-corrected chi connectivity index (χ4v) is 4.42. The van der Waals surface area contributed by atoms with E-state index in [-0.39, 0.29) is 17.9 Å². The number of carbonyl (C=O) groups is 2. The SMILES string of the molecule is COc1cccc(C2/C(=C(/O)c3ccc(C)cc3)C(=O)C(=O)N2CCc2ccc(OC)c(OC)c2)c1. The molecule has 0 saturated carbocycles. The summed E-state index contributed by atoms with van der Waals surface area (Å²) in [5.74, 6) is 0.213. The van der Waals surface area contributed by atoms with Gasteiger partial charge in [0.1, 0.15) is 11.5 Å². The van der Waals surface area contributed by atoms with Crippen molar-refractivity contribution in [3.63, 3.8) is 0 Å². The van der Waals surface area contributed by atoms with E-state index >= 15 is 0 Å². The molecule has 1 N–H and O–H groups in total. The number of nitrogens with zero attached hydrogens (tertiary/aromatic N) is 1. The molecule has 3 aromatic carbocycles. The number of aliphatic hydroxyl groups is 1. The number of benzene rings is 3. The normalized spacial score (nSPS) is 16.8. The Balaban J connectivity index is 1.75. The Kier molecular flexibility index (Phi) is 7.29. The van der Waals surface area contributed by atoms with E-state index in [0.717, 1.165) is 11.1 Å². The molecule has 1 saturated heterocycles. The van der Waals surface area contributed by atoms with Crippen molar-refractivity contribution in [1.82, 2.24) is 4.90 Å². The zero-order chi connectivity index (χ0) is 25.8. The molecule has 186 valence electrons. The van der Waals surface area contributed by atoms with Gasteiger partial charge in [0, 0.05) is 12.1 Å². The van der Waals surface area contributed by atoms with E-state index in [4.69, 9.17) is 14.2 Å². The van der Waals surface area contributed by atoms with Crippen molar-refractivity contribution in [3.8, 4) is 17.2 Å². The summed E-state index contributed by atoms with van der Waals surface area (Å²) in [6, 6.07) is 19.2. The van der Waals surface area contributed by atoms with Crippen molar-refractivity contribution >= 4 is 17.4 Å². The molecule has 0 aliphatic carbocycles. The highest BCUT2D eigenvalue weighted by atomic mass is 16.5. The first-order valence-electron chi connectivity index (χ1n) is 11.6. The molecular formula is C29H29NO6. The fourth-order valence-electron chi connectivity index (χ4n) is 4.42. The number of hydrogen-bond donors (Lipinski definition) is 1. The summed E-state index contributed by atoms with van der Waals surface area (Å²) in [4.78, 5) is 28.0. The molecule has 1 unspecified atom stereocenters. The van der Waals surface area contributed by atoms with Gasteiger partial charge in [0.2, 0.25) is 0 Å². The van der Waals surface area contributed by atoms with E-state index in [1.54, 1.807) is 57.7 Å². The van der Waals surface area contributed by atoms with Gasteiger partial charge in [-0.3, -0.25) is 9.59 Å². The molecule has 7 heteroatoms. The van der Waals surface area contributed by atoms with Crippen LogP contribution in [0.5, 0.6) is 17.2 Å². The molecule has 1 atom stereocenters.